The minimum Gasteiger partial charge on any atom is -0.191 e. The largest absolute Gasteiger partial charge is 0.191 e. The summed E-state index contributed by atoms with van der Waals surface area (Å²) in [6.45, 7) is 11.6. The lowest BCUT2D eigenvalue weighted by molar-refractivity contribution is -0.190. The van der Waals surface area contributed by atoms with Crippen LogP contribution in [0.2, 0.25) is 0 Å². The summed E-state index contributed by atoms with van der Waals surface area (Å²) < 4.78 is 12.7. The van der Waals surface area contributed by atoms with Crippen LogP contribution in [0.5, 0.6) is 0 Å². The highest BCUT2D eigenvalue weighted by Crippen LogP contribution is 2.67. The second-order valence-electron chi connectivity index (χ2n) is 9.73. The molecule has 4 aliphatic rings. The fraction of sp³-hybridized carbons (Fsp3) is 0.818. The summed E-state index contributed by atoms with van der Waals surface area (Å²) >= 11 is 0. The van der Waals surface area contributed by atoms with E-state index in [9.17, 15) is 4.53 Å². The number of rotatable bonds is 2. The van der Waals surface area contributed by atoms with Gasteiger partial charge < -0.3 is 0 Å². The van der Waals surface area contributed by atoms with E-state index in [0.717, 1.165) is 42.9 Å². The van der Waals surface area contributed by atoms with Crippen LogP contribution in [-0.4, -0.2) is 6.10 Å². The molecular weight excluding hydrogens is 299 g/mol. The summed E-state index contributed by atoms with van der Waals surface area (Å²) in [5.41, 5.74) is 3.65. The highest BCUT2D eigenvalue weighted by atomic mass is 19.3. The zero-order chi connectivity index (χ0) is 17.1. The van der Waals surface area contributed by atoms with Crippen LogP contribution in [0.3, 0.4) is 0 Å². The average molecular weight is 333 g/mol. The summed E-state index contributed by atoms with van der Waals surface area (Å²) in [6.07, 6.45) is 11.7. The Morgan fingerprint density at radius 3 is 2.67 bits per heavy atom. The van der Waals surface area contributed by atoms with Crippen LogP contribution < -0.4 is 0 Å². The lowest BCUT2D eigenvalue weighted by Crippen LogP contribution is -2.50. The molecule has 0 aromatic heterocycles. The number of allylic oxidation sites excluding steroid dienone is 2. The number of hydrogen-bond acceptors (Lipinski definition) is 1. The predicted octanol–water partition coefficient (Wildman–Crippen LogP) is 6.41. The fourth-order valence-corrected chi connectivity index (χ4v) is 7.51. The molecule has 4 aliphatic carbocycles. The van der Waals surface area contributed by atoms with Crippen LogP contribution >= 0.6 is 0 Å². The van der Waals surface area contributed by atoms with Gasteiger partial charge in [-0.05, 0) is 97.3 Å². The third-order valence-electron chi connectivity index (χ3n) is 8.78. The first-order chi connectivity index (χ1) is 11.4. The van der Waals surface area contributed by atoms with Gasteiger partial charge in [0.2, 0.25) is 0 Å². The Morgan fingerprint density at radius 2 is 1.96 bits per heavy atom. The van der Waals surface area contributed by atoms with Gasteiger partial charge in [0.25, 0.3) is 0 Å². The molecule has 0 spiro atoms. The molecular formula is C22H33FO. The van der Waals surface area contributed by atoms with Crippen molar-refractivity contribution < 1.29 is 9.47 Å². The first-order valence-electron chi connectivity index (χ1n) is 10.0. The quantitative estimate of drug-likeness (QED) is 0.531. The zero-order valence-electron chi connectivity index (χ0n) is 15.6. The van der Waals surface area contributed by atoms with E-state index in [-0.39, 0.29) is 6.10 Å². The predicted molar refractivity (Wildman–Crippen MR) is 96.0 cm³/mol. The second-order valence-corrected chi connectivity index (χ2v) is 9.73. The Bertz CT molecular complexity index is 566. The minimum absolute atomic E-state index is 0.200. The van der Waals surface area contributed by atoms with Gasteiger partial charge in [0.05, 0.1) is 0 Å². The number of halogens is 1. The van der Waals surface area contributed by atoms with E-state index < -0.39 is 0 Å². The van der Waals surface area contributed by atoms with Crippen molar-refractivity contribution in [3.05, 3.63) is 23.8 Å². The third kappa shape index (κ3) is 2.21. The summed E-state index contributed by atoms with van der Waals surface area (Å²) in [5.74, 6) is 3.18. The van der Waals surface area contributed by atoms with E-state index >= 15 is 0 Å². The van der Waals surface area contributed by atoms with Gasteiger partial charge in [-0.15, -0.1) is 0 Å². The van der Waals surface area contributed by atoms with Crippen molar-refractivity contribution in [3.8, 4) is 0 Å². The Balaban J connectivity index is 1.63. The molecule has 4 rings (SSSR count). The Hall–Kier alpha value is -0.630. The zero-order valence-corrected chi connectivity index (χ0v) is 15.6. The molecule has 7 unspecified atom stereocenters. The van der Waals surface area contributed by atoms with E-state index in [1.165, 1.54) is 43.3 Å². The van der Waals surface area contributed by atoms with Gasteiger partial charge in [0.1, 0.15) is 6.10 Å². The summed E-state index contributed by atoms with van der Waals surface area (Å²) in [4.78, 5) is 4.20. The summed E-state index contributed by atoms with van der Waals surface area (Å²) in [7, 11) is 0. The molecule has 1 nitrogen and oxygen atoms in total. The van der Waals surface area contributed by atoms with Crippen molar-refractivity contribution in [2.24, 2.45) is 34.5 Å². The van der Waals surface area contributed by atoms with Crippen LogP contribution in [0.15, 0.2) is 23.8 Å². The Morgan fingerprint density at radius 1 is 1.17 bits per heavy atom. The van der Waals surface area contributed by atoms with Crippen molar-refractivity contribution in [2.45, 2.75) is 78.2 Å². The summed E-state index contributed by atoms with van der Waals surface area (Å²) in [5, 5.41) is 0. The van der Waals surface area contributed by atoms with Crippen molar-refractivity contribution in [1.29, 1.82) is 0 Å². The van der Waals surface area contributed by atoms with E-state index in [1.807, 2.05) is 0 Å². The molecule has 0 amide bonds. The van der Waals surface area contributed by atoms with Crippen molar-refractivity contribution in [3.63, 3.8) is 0 Å². The van der Waals surface area contributed by atoms with E-state index in [2.05, 4.69) is 38.4 Å². The molecule has 7 atom stereocenters. The molecule has 3 fully saturated rings. The smallest absolute Gasteiger partial charge is 0.102 e. The van der Waals surface area contributed by atoms with Crippen LogP contribution in [0, 0.1) is 34.5 Å². The van der Waals surface area contributed by atoms with Gasteiger partial charge in [-0.2, -0.15) is 4.94 Å². The van der Waals surface area contributed by atoms with Crippen molar-refractivity contribution >= 4 is 0 Å². The minimum atomic E-state index is -0.200. The number of hydrogen-bond donors (Lipinski definition) is 0. The molecule has 0 aromatic rings. The molecule has 0 radical (unpaired) electrons. The maximum Gasteiger partial charge on any atom is 0.102 e. The average Bonchev–Trinajstić information content (AvgIpc) is 2.91. The molecule has 0 saturated heterocycles. The van der Waals surface area contributed by atoms with E-state index in [0.29, 0.717) is 10.8 Å². The van der Waals surface area contributed by atoms with Crippen molar-refractivity contribution in [1.82, 2.24) is 0 Å². The summed E-state index contributed by atoms with van der Waals surface area (Å²) in [6, 6.07) is 0. The van der Waals surface area contributed by atoms with Crippen LogP contribution in [-0.2, 0) is 4.94 Å². The second kappa shape index (κ2) is 5.69. The lowest BCUT2D eigenvalue weighted by atomic mass is 9.47. The van der Waals surface area contributed by atoms with Gasteiger partial charge in [-0.25, -0.2) is 0 Å². The normalized spacial score (nSPS) is 50.5. The molecule has 2 heteroatoms. The molecule has 3 saturated carbocycles. The fourth-order valence-electron chi connectivity index (χ4n) is 7.51. The van der Waals surface area contributed by atoms with Crippen LogP contribution in [0.4, 0.5) is 4.53 Å². The SMILES string of the molecule is C=C(C)C1CCC2C3CC=C4CC(OF)CCC4(C)C3CCC12C. The van der Waals surface area contributed by atoms with Crippen LogP contribution in [0.1, 0.15) is 72.1 Å². The number of fused-ring (bicyclic) bond motifs is 5. The molecule has 134 valence electrons. The third-order valence-corrected chi connectivity index (χ3v) is 8.78. The standard InChI is InChI=1S/C22H33FO/c1-14(2)18-7-8-19-17-6-5-15-13-16(24-23)9-11-21(15,3)20(17)10-12-22(18,19)4/h5,16-20H,1,6-13H2,2-4H3. The molecule has 0 bridgehead atoms. The van der Waals surface area contributed by atoms with Gasteiger partial charge >= 0.3 is 0 Å². The van der Waals surface area contributed by atoms with Gasteiger partial charge in [-0.1, -0.05) is 37.6 Å². The van der Waals surface area contributed by atoms with E-state index in [4.69, 9.17) is 0 Å². The first kappa shape index (κ1) is 16.8. The topological polar surface area (TPSA) is 9.23 Å². The molecule has 0 heterocycles. The van der Waals surface area contributed by atoms with Crippen LogP contribution in [0.25, 0.3) is 0 Å². The molecule has 24 heavy (non-hydrogen) atoms. The molecule has 0 aliphatic heterocycles. The highest BCUT2D eigenvalue weighted by molar-refractivity contribution is 5.26. The van der Waals surface area contributed by atoms with Crippen molar-refractivity contribution in [2.75, 3.05) is 0 Å². The van der Waals surface area contributed by atoms with E-state index in [1.54, 1.807) is 0 Å². The Labute approximate surface area is 146 Å². The van der Waals surface area contributed by atoms with Gasteiger partial charge in [0, 0.05) is 0 Å². The first-order valence-corrected chi connectivity index (χ1v) is 10.0. The maximum atomic E-state index is 12.7. The highest BCUT2D eigenvalue weighted by Gasteiger charge is 2.58. The lowest BCUT2D eigenvalue weighted by Gasteiger charge is -2.58. The monoisotopic (exact) mass is 332 g/mol. The molecule has 0 N–H and O–H groups in total. The Kier molecular flexibility index (Phi) is 3.99. The van der Waals surface area contributed by atoms with Gasteiger partial charge in [-0.3, -0.25) is 0 Å². The molecule has 0 aromatic carbocycles. The maximum absolute atomic E-state index is 12.7. The van der Waals surface area contributed by atoms with Gasteiger partial charge in [0.15, 0.2) is 0 Å².